The summed E-state index contributed by atoms with van der Waals surface area (Å²) in [4.78, 5) is 38.2. The number of anilines is 1. The van der Waals surface area contributed by atoms with Crippen LogP contribution in [0.5, 0.6) is 11.5 Å². The number of carbonyl (C=O) groups excluding carboxylic acids is 2. The molecule has 4 aromatic carbocycles. The number of esters is 1. The van der Waals surface area contributed by atoms with Gasteiger partial charge in [-0.3, -0.25) is 9.59 Å². The molecule has 0 heterocycles. The molecule has 4 aromatic rings. The van der Waals surface area contributed by atoms with Gasteiger partial charge in [-0.15, -0.1) is 0 Å². The molecule has 45 heavy (non-hydrogen) atoms. The van der Waals surface area contributed by atoms with Crippen molar-refractivity contribution in [2.24, 2.45) is 5.41 Å². The van der Waals surface area contributed by atoms with Crippen molar-refractivity contribution in [3.63, 3.8) is 0 Å². The summed E-state index contributed by atoms with van der Waals surface area (Å²) in [5.41, 5.74) is 0.331. The number of halogens is 1. The minimum absolute atomic E-state index is 0.00721. The number of nitriles is 1. The number of nitrogens with one attached hydrogen (secondary N) is 1. The fourth-order valence-corrected chi connectivity index (χ4v) is 5.73. The van der Waals surface area contributed by atoms with Gasteiger partial charge in [0.25, 0.3) is 5.91 Å². The number of carbonyl (C=O) groups is 3. The highest BCUT2D eigenvalue weighted by Crippen LogP contribution is 2.40. The first-order valence-electron chi connectivity index (χ1n) is 14.4. The molecular weight excluding hydrogens is 596 g/mol. The number of rotatable bonds is 9. The predicted octanol–water partition coefficient (Wildman–Crippen LogP) is 7.40. The zero-order valence-corrected chi connectivity index (χ0v) is 25.5. The summed E-state index contributed by atoms with van der Waals surface area (Å²) >= 11 is 6.04. The first kappa shape index (κ1) is 31.4. The van der Waals surface area contributed by atoms with Crippen LogP contribution in [0, 0.1) is 16.7 Å². The summed E-state index contributed by atoms with van der Waals surface area (Å²) in [5, 5.41) is 24.3. The first-order valence-corrected chi connectivity index (χ1v) is 14.8. The molecule has 2 N–H and O–H groups in total. The van der Waals surface area contributed by atoms with E-state index in [2.05, 4.69) is 11.4 Å². The Morgan fingerprint density at radius 2 is 1.73 bits per heavy atom. The van der Waals surface area contributed by atoms with E-state index < -0.39 is 17.3 Å². The molecule has 1 fully saturated rings. The summed E-state index contributed by atoms with van der Waals surface area (Å²) in [6.07, 6.45) is 1.78. The molecule has 0 atom stereocenters. The Morgan fingerprint density at radius 1 is 1.00 bits per heavy atom. The second-order valence-corrected chi connectivity index (χ2v) is 11.6. The Balaban J connectivity index is 1.27. The van der Waals surface area contributed by atoms with Crippen molar-refractivity contribution in [1.82, 2.24) is 0 Å². The Hall–Kier alpha value is -5.07. The second-order valence-electron chi connectivity index (χ2n) is 11.2. The molecule has 9 nitrogen and oxygen atoms in total. The maximum absolute atomic E-state index is 13.3. The average Bonchev–Trinajstić information content (AvgIpc) is 3.04. The van der Waals surface area contributed by atoms with Crippen molar-refractivity contribution < 1.29 is 33.7 Å². The number of ether oxygens (including phenoxy) is 3. The van der Waals surface area contributed by atoms with Crippen LogP contribution in [0.3, 0.4) is 0 Å². The summed E-state index contributed by atoms with van der Waals surface area (Å²) in [7, 11) is 1.36. The van der Waals surface area contributed by atoms with E-state index in [0.717, 1.165) is 16.3 Å². The molecule has 1 amide bonds. The van der Waals surface area contributed by atoms with Crippen LogP contribution in [-0.2, 0) is 16.1 Å². The lowest BCUT2D eigenvalue weighted by molar-refractivity contribution is -0.159. The van der Waals surface area contributed by atoms with Gasteiger partial charge in [-0.25, -0.2) is 4.79 Å². The number of carboxylic acids is 1. The van der Waals surface area contributed by atoms with E-state index >= 15 is 0 Å². The first-order chi connectivity index (χ1) is 21.6. The van der Waals surface area contributed by atoms with Crippen LogP contribution >= 0.6 is 11.6 Å². The molecule has 0 bridgehead atoms. The zero-order valence-electron chi connectivity index (χ0n) is 24.8. The molecule has 0 aliphatic heterocycles. The van der Waals surface area contributed by atoms with E-state index in [4.69, 9.17) is 25.8 Å². The molecule has 230 valence electrons. The largest absolute Gasteiger partial charge is 0.496 e. The third-order valence-corrected chi connectivity index (χ3v) is 8.42. The van der Waals surface area contributed by atoms with E-state index in [0.29, 0.717) is 25.7 Å². The molecule has 1 saturated carbocycles. The van der Waals surface area contributed by atoms with Crippen molar-refractivity contribution in [2.75, 3.05) is 12.4 Å². The van der Waals surface area contributed by atoms with Crippen molar-refractivity contribution >= 4 is 45.9 Å². The van der Waals surface area contributed by atoms with Gasteiger partial charge in [0.2, 0.25) is 0 Å². The number of amides is 1. The van der Waals surface area contributed by atoms with Crippen LogP contribution in [0.2, 0.25) is 5.02 Å². The molecule has 1 aliphatic rings. The van der Waals surface area contributed by atoms with E-state index in [1.54, 1.807) is 0 Å². The van der Waals surface area contributed by atoms with Crippen molar-refractivity contribution in [3.8, 4) is 17.6 Å². The maximum Gasteiger partial charge on any atom is 0.337 e. The number of nitrogens with zero attached hydrogens (tertiary/aromatic N) is 1. The van der Waals surface area contributed by atoms with Gasteiger partial charge in [-0.1, -0.05) is 54.1 Å². The third-order valence-electron chi connectivity index (χ3n) is 8.19. The highest BCUT2D eigenvalue weighted by molar-refractivity contribution is 6.31. The molecule has 5 rings (SSSR count). The lowest BCUT2D eigenvalue weighted by atomic mass is 9.74. The quantitative estimate of drug-likeness (QED) is 0.184. The lowest BCUT2D eigenvalue weighted by Crippen LogP contribution is -2.37. The molecule has 0 aromatic heterocycles. The predicted molar refractivity (Wildman–Crippen MR) is 169 cm³/mol. The van der Waals surface area contributed by atoms with Crippen LogP contribution in [0.15, 0.2) is 72.8 Å². The molecule has 0 unspecified atom stereocenters. The number of hydrogen-bond donors (Lipinski definition) is 2. The molecule has 1 aliphatic carbocycles. The Bertz CT molecular complexity index is 1820. The van der Waals surface area contributed by atoms with Gasteiger partial charge in [0.15, 0.2) is 0 Å². The molecule has 0 radical (unpaired) electrons. The van der Waals surface area contributed by atoms with Crippen LogP contribution in [0.4, 0.5) is 5.69 Å². The average molecular weight is 627 g/mol. The van der Waals surface area contributed by atoms with Gasteiger partial charge in [0.1, 0.15) is 24.2 Å². The normalized spacial score (nSPS) is 17.6. The van der Waals surface area contributed by atoms with Gasteiger partial charge < -0.3 is 24.6 Å². The fraction of sp³-hybridized carbons (Fsp3) is 0.257. The Labute approximate surface area is 265 Å². The highest BCUT2D eigenvalue weighted by atomic mass is 35.5. The monoisotopic (exact) mass is 626 g/mol. The van der Waals surface area contributed by atoms with Crippen molar-refractivity contribution in [1.29, 1.82) is 5.26 Å². The van der Waals surface area contributed by atoms with Crippen molar-refractivity contribution in [2.45, 2.75) is 45.3 Å². The summed E-state index contributed by atoms with van der Waals surface area (Å²) in [5.74, 6) is -1.88. The summed E-state index contributed by atoms with van der Waals surface area (Å²) in [6.45, 7) is 2.08. The minimum atomic E-state index is -1.24. The van der Waals surface area contributed by atoms with Gasteiger partial charge >= 0.3 is 11.9 Å². The SMILES string of the molecule is COc1cc(C#N)c(O[C@H]2CC[C@@](C)(C(=O)OCc3cccc4ccccc34)CC2)cc1C(=O)Nc1cc(Cl)ccc1C(=O)O. The summed E-state index contributed by atoms with van der Waals surface area (Å²) < 4.78 is 17.4. The van der Waals surface area contributed by atoms with E-state index in [9.17, 15) is 24.8 Å². The Morgan fingerprint density at radius 3 is 2.44 bits per heavy atom. The van der Waals surface area contributed by atoms with Gasteiger partial charge in [-0.05, 0) is 73.2 Å². The second kappa shape index (κ2) is 13.3. The number of aromatic carboxylic acids is 1. The van der Waals surface area contributed by atoms with Gasteiger partial charge in [-0.2, -0.15) is 5.26 Å². The Kier molecular flexibility index (Phi) is 9.26. The fourth-order valence-electron chi connectivity index (χ4n) is 5.55. The summed E-state index contributed by atoms with van der Waals surface area (Å²) in [6, 6.07) is 22.8. The minimum Gasteiger partial charge on any atom is -0.496 e. The van der Waals surface area contributed by atoms with Gasteiger partial charge in [0.05, 0.1) is 41.0 Å². The van der Waals surface area contributed by atoms with E-state index in [1.165, 1.54) is 37.4 Å². The number of benzene rings is 4. The smallest absolute Gasteiger partial charge is 0.337 e. The lowest BCUT2D eigenvalue weighted by Gasteiger charge is -2.35. The third kappa shape index (κ3) is 6.87. The van der Waals surface area contributed by atoms with Crippen LogP contribution < -0.4 is 14.8 Å². The highest BCUT2D eigenvalue weighted by Gasteiger charge is 2.40. The molecule has 0 spiro atoms. The zero-order chi connectivity index (χ0) is 32.1. The molecule has 10 heteroatoms. The topological polar surface area (TPSA) is 135 Å². The van der Waals surface area contributed by atoms with Crippen LogP contribution in [-0.4, -0.2) is 36.2 Å². The van der Waals surface area contributed by atoms with Gasteiger partial charge in [0, 0.05) is 11.1 Å². The van der Waals surface area contributed by atoms with Crippen LogP contribution in [0.1, 0.15) is 64.4 Å². The van der Waals surface area contributed by atoms with Crippen molar-refractivity contribution in [3.05, 3.63) is 100 Å². The number of hydrogen-bond acceptors (Lipinski definition) is 7. The molecular formula is C35H31ClN2O7. The number of fused-ring (bicyclic) bond motifs is 1. The van der Waals surface area contributed by atoms with Crippen LogP contribution in [0.25, 0.3) is 10.8 Å². The molecule has 0 saturated heterocycles. The van der Waals surface area contributed by atoms with E-state index in [1.807, 2.05) is 49.4 Å². The number of methoxy groups -OCH3 is 1. The maximum atomic E-state index is 13.3. The number of carboxylic acid groups (broad SMARTS) is 1. The standard InChI is InChI=1S/C35H31ClN2O7/c1-35(34(42)44-20-22-8-5-7-21-6-3-4-9-26(21)22)14-12-25(13-15-35)45-30-18-28(31(43-2)16-23(30)19-37)32(39)38-29-17-24(36)10-11-27(29)33(40)41/h3-11,16-18,25H,12-15,20H2,1-2H3,(H,38,39)(H,40,41)/t25-,35+. The van der Waals surface area contributed by atoms with E-state index in [-0.39, 0.29) is 57.6 Å².